The van der Waals surface area contributed by atoms with E-state index in [-0.39, 0.29) is 23.7 Å². The van der Waals surface area contributed by atoms with Gasteiger partial charge in [0, 0.05) is 23.4 Å². The SMILES string of the molecule is O=C(Cc1cc(=O)[nH]c(SCc2ccccc2F)n1)Nc1nccs1. The van der Waals surface area contributed by atoms with E-state index in [1.165, 1.54) is 35.2 Å². The monoisotopic (exact) mass is 376 g/mol. The van der Waals surface area contributed by atoms with Gasteiger partial charge in [0.15, 0.2) is 10.3 Å². The van der Waals surface area contributed by atoms with Crippen molar-refractivity contribution in [3.05, 3.63) is 69.3 Å². The predicted molar refractivity (Wildman–Crippen MR) is 95.3 cm³/mol. The van der Waals surface area contributed by atoms with E-state index in [0.717, 1.165) is 0 Å². The molecule has 0 saturated heterocycles. The van der Waals surface area contributed by atoms with Crippen LogP contribution in [0.2, 0.25) is 0 Å². The number of hydrogen-bond donors (Lipinski definition) is 2. The summed E-state index contributed by atoms with van der Waals surface area (Å²) in [5.74, 6) is -0.292. The molecule has 9 heteroatoms. The molecule has 1 aromatic carbocycles. The number of benzene rings is 1. The summed E-state index contributed by atoms with van der Waals surface area (Å²) in [6, 6.07) is 7.69. The summed E-state index contributed by atoms with van der Waals surface area (Å²) in [4.78, 5) is 34.5. The number of carbonyl (C=O) groups is 1. The number of amides is 1. The number of H-pyrrole nitrogens is 1. The van der Waals surface area contributed by atoms with E-state index in [2.05, 4.69) is 20.3 Å². The van der Waals surface area contributed by atoms with Crippen LogP contribution >= 0.6 is 23.1 Å². The number of nitrogens with zero attached hydrogens (tertiary/aromatic N) is 2. The maximum Gasteiger partial charge on any atom is 0.251 e. The maximum atomic E-state index is 13.6. The number of carbonyl (C=O) groups excluding carboxylic acids is 1. The molecule has 3 rings (SSSR count). The van der Waals surface area contributed by atoms with E-state index in [4.69, 9.17) is 0 Å². The number of halogens is 1. The Morgan fingerprint density at radius 3 is 2.96 bits per heavy atom. The minimum absolute atomic E-state index is 0.0449. The van der Waals surface area contributed by atoms with Gasteiger partial charge in [-0.25, -0.2) is 14.4 Å². The van der Waals surface area contributed by atoms with E-state index in [1.54, 1.807) is 29.8 Å². The molecule has 0 fully saturated rings. The summed E-state index contributed by atoms with van der Waals surface area (Å²) in [6.07, 6.45) is 1.54. The normalized spacial score (nSPS) is 10.6. The summed E-state index contributed by atoms with van der Waals surface area (Å²) >= 11 is 2.50. The molecule has 0 saturated carbocycles. The number of hydrogen-bond acceptors (Lipinski definition) is 6. The van der Waals surface area contributed by atoms with Gasteiger partial charge in [-0.05, 0) is 11.6 Å². The number of rotatable bonds is 6. The molecule has 0 bridgehead atoms. The highest BCUT2D eigenvalue weighted by atomic mass is 32.2. The Balaban J connectivity index is 1.67. The molecule has 0 spiro atoms. The van der Waals surface area contributed by atoms with E-state index in [0.29, 0.717) is 27.3 Å². The zero-order valence-electron chi connectivity index (χ0n) is 12.9. The van der Waals surface area contributed by atoms with Gasteiger partial charge in [-0.2, -0.15) is 0 Å². The van der Waals surface area contributed by atoms with Crippen molar-refractivity contribution in [2.45, 2.75) is 17.3 Å². The Morgan fingerprint density at radius 1 is 1.36 bits per heavy atom. The molecule has 0 atom stereocenters. The van der Waals surface area contributed by atoms with E-state index in [9.17, 15) is 14.0 Å². The average Bonchev–Trinajstić information content (AvgIpc) is 3.06. The third-order valence-electron chi connectivity index (χ3n) is 3.12. The van der Waals surface area contributed by atoms with E-state index < -0.39 is 0 Å². The number of anilines is 1. The van der Waals surface area contributed by atoms with Crippen LogP contribution in [0, 0.1) is 5.82 Å². The Kier molecular flexibility index (Phi) is 5.56. The van der Waals surface area contributed by atoms with Crippen LogP contribution in [0.1, 0.15) is 11.3 Å². The van der Waals surface area contributed by atoms with Gasteiger partial charge < -0.3 is 10.3 Å². The molecule has 0 aliphatic heterocycles. The number of nitrogens with one attached hydrogen (secondary N) is 2. The maximum absolute atomic E-state index is 13.6. The average molecular weight is 376 g/mol. The first-order chi connectivity index (χ1) is 12.1. The summed E-state index contributed by atoms with van der Waals surface area (Å²) in [7, 11) is 0. The van der Waals surface area contributed by atoms with Crippen LogP contribution in [0.25, 0.3) is 0 Å². The van der Waals surface area contributed by atoms with Crippen LogP contribution in [-0.2, 0) is 17.0 Å². The third kappa shape index (κ3) is 4.97. The van der Waals surface area contributed by atoms with Crippen molar-refractivity contribution in [2.24, 2.45) is 0 Å². The number of thioether (sulfide) groups is 1. The lowest BCUT2D eigenvalue weighted by atomic mass is 10.2. The highest BCUT2D eigenvalue weighted by Crippen LogP contribution is 2.20. The molecule has 2 aromatic heterocycles. The summed E-state index contributed by atoms with van der Waals surface area (Å²) in [5.41, 5.74) is 0.499. The minimum Gasteiger partial charge on any atom is -0.302 e. The number of aromatic amines is 1. The van der Waals surface area contributed by atoms with Gasteiger partial charge in [0.25, 0.3) is 5.56 Å². The van der Waals surface area contributed by atoms with Crippen LogP contribution in [0.5, 0.6) is 0 Å². The molecule has 0 aliphatic carbocycles. The van der Waals surface area contributed by atoms with Gasteiger partial charge in [0.2, 0.25) is 5.91 Å². The Morgan fingerprint density at radius 2 is 2.20 bits per heavy atom. The quantitative estimate of drug-likeness (QED) is 0.510. The van der Waals surface area contributed by atoms with Crippen LogP contribution in [0.4, 0.5) is 9.52 Å². The first-order valence-corrected chi connectivity index (χ1v) is 9.12. The van der Waals surface area contributed by atoms with Crippen molar-refractivity contribution < 1.29 is 9.18 Å². The largest absolute Gasteiger partial charge is 0.302 e. The van der Waals surface area contributed by atoms with Gasteiger partial charge in [-0.3, -0.25) is 9.59 Å². The second kappa shape index (κ2) is 8.04. The zero-order valence-corrected chi connectivity index (χ0v) is 14.5. The van der Waals surface area contributed by atoms with Crippen LogP contribution < -0.4 is 10.9 Å². The zero-order chi connectivity index (χ0) is 17.6. The van der Waals surface area contributed by atoms with Crippen molar-refractivity contribution >= 4 is 34.1 Å². The lowest BCUT2D eigenvalue weighted by Crippen LogP contribution is -2.18. The molecular formula is C16H13FN4O2S2. The Bertz CT molecular complexity index is 928. The molecule has 6 nitrogen and oxygen atoms in total. The van der Waals surface area contributed by atoms with E-state index in [1.807, 2.05) is 0 Å². The van der Waals surface area contributed by atoms with Crippen LogP contribution in [0.3, 0.4) is 0 Å². The fraction of sp³-hybridized carbons (Fsp3) is 0.125. The Hall–Kier alpha value is -2.52. The molecule has 1 amide bonds. The molecule has 2 heterocycles. The summed E-state index contributed by atoms with van der Waals surface area (Å²) in [5, 5.41) is 5.21. The lowest BCUT2D eigenvalue weighted by Gasteiger charge is -2.05. The molecule has 0 unspecified atom stereocenters. The highest BCUT2D eigenvalue weighted by molar-refractivity contribution is 7.98. The van der Waals surface area contributed by atoms with Gasteiger partial charge >= 0.3 is 0 Å². The van der Waals surface area contributed by atoms with Crippen molar-refractivity contribution in [3.8, 4) is 0 Å². The smallest absolute Gasteiger partial charge is 0.251 e. The first-order valence-electron chi connectivity index (χ1n) is 7.26. The second-order valence-corrected chi connectivity index (χ2v) is 6.84. The van der Waals surface area contributed by atoms with Gasteiger partial charge in [-0.1, -0.05) is 30.0 Å². The fourth-order valence-corrected chi connectivity index (χ4v) is 3.44. The summed E-state index contributed by atoms with van der Waals surface area (Å²) < 4.78 is 13.6. The number of aromatic nitrogens is 3. The molecule has 3 aromatic rings. The highest BCUT2D eigenvalue weighted by Gasteiger charge is 2.10. The topological polar surface area (TPSA) is 87.7 Å². The van der Waals surface area contributed by atoms with Crippen LogP contribution in [0.15, 0.2) is 51.9 Å². The molecule has 128 valence electrons. The van der Waals surface area contributed by atoms with Crippen molar-refractivity contribution in [1.29, 1.82) is 0 Å². The van der Waals surface area contributed by atoms with Crippen molar-refractivity contribution in [1.82, 2.24) is 15.0 Å². The first kappa shape index (κ1) is 17.3. The molecule has 25 heavy (non-hydrogen) atoms. The summed E-state index contributed by atoms with van der Waals surface area (Å²) in [6.45, 7) is 0. The van der Waals surface area contributed by atoms with Crippen molar-refractivity contribution in [2.75, 3.05) is 5.32 Å². The molecule has 2 N–H and O–H groups in total. The van der Waals surface area contributed by atoms with Gasteiger partial charge in [-0.15, -0.1) is 11.3 Å². The second-order valence-electron chi connectivity index (χ2n) is 4.98. The fourth-order valence-electron chi connectivity index (χ4n) is 2.02. The Labute approximate surface area is 150 Å². The van der Waals surface area contributed by atoms with Gasteiger partial charge in [0.05, 0.1) is 12.1 Å². The lowest BCUT2D eigenvalue weighted by molar-refractivity contribution is -0.115. The standard InChI is InChI=1S/C16H13FN4O2S2/c17-12-4-2-1-3-10(12)9-25-16-19-11(8-14(23)21-16)7-13(22)20-15-18-5-6-24-15/h1-6,8H,7,9H2,(H,18,20,22)(H,19,21,23). The molecular weight excluding hydrogens is 363 g/mol. The van der Waals surface area contributed by atoms with Crippen molar-refractivity contribution in [3.63, 3.8) is 0 Å². The van der Waals surface area contributed by atoms with E-state index >= 15 is 0 Å². The van der Waals surface area contributed by atoms with Gasteiger partial charge in [0.1, 0.15) is 5.82 Å². The van der Waals surface area contributed by atoms with Crippen LogP contribution in [-0.4, -0.2) is 20.9 Å². The molecule has 0 radical (unpaired) electrons. The minimum atomic E-state index is -0.358. The molecule has 0 aliphatic rings. The third-order valence-corrected chi connectivity index (χ3v) is 4.73. The predicted octanol–water partition coefficient (Wildman–Crippen LogP) is 2.84. The number of thiazole rings is 1.